The van der Waals surface area contributed by atoms with Crippen LogP contribution in [0.3, 0.4) is 0 Å². The molecule has 214 valence electrons. The summed E-state index contributed by atoms with van der Waals surface area (Å²) in [6.45, 7) is 5.38. The number of unbranched alkanes of at least 4 members (excludes halogenated alkanes) is 1. The van der Waals surface area contributed by atoms with E-state index in [9.17, 15) is 4.79 Å². The van der Waals surface area contributed by atoms with Gasteiger partial charge in [-0.15, -0.1) is 0 Å². The standard InChI is InChI=1S/C33H40O6S/c1-3-4-20-35-33-32(38-23-28-18-12-7-13-19-28)31(37-22-27-16-10-6-11-17-27)30(29(39-33)24-40-25(2)34)36-21-26-14-8-5-9-15-26/h5-19,29-33H,3-4,20-24H2,1-2H3/t29-,30-,31+,32-,33+/m1/s1. The summed E-state index contributed by atoms with van der Waals surface area (Å²) in [5.41, 5.74) is 3.15. The maximum atomic E-state index is 12.0. The molecule has 0 saturated carbocycles. The zero-order valence-electron chi connectivity index (χ0n) is 23.4. The lowest BCUT2D eigenvalue weighted by atomic mass is 9.98. The number of carbonyl (C=O) groups excluding carboxylic acids is 1. The molecule has 1 aliphatic heterocycles. The predicted octanol–water partition coefficient (Wildman–Crippen LogP) is 6.56. The first-order chi connectivity index (χ1) is 19.6. The highest BCUT2D eigenvalue weighted by Gasteiger charge is 2.49. The normalized spacial score (nSPS) is 22.7. The van der Waals surface area contributed by atoms with Crippen LogP contribution in [-0.4, -0.2) is 48.2 Å². The molecule has 1 aliphatic rings. The molecule has 3 aromatic rings. The SMILES string of the molecule is CCCCO[C@H]1O[C@H](CSC(C)=O)[C@@H](OCc2ccccc2)[C@H](OCc2ccccc2)[C@H]1OCc1ccccc1. The van der Waals surface area contributed by atoms with Crippen LogP contribution in [0.15, 0.2) is 91.0 Å². The molecule has 0 amide bonds. The first-order valence-corrected chi connectivity index (χ1v) is 15.0. The van der Waals surface area contributed by atoms with Gasteiger partial charge in [0.1, 0.15) is 18.3 Å². The molecule has 6 nitrogen and oxygen atoms in total. The Morgan fingerprint density at radius 1 is 0.700 bits per heavy atom. The summed E-state index contributed by atoms with van der Waals surface area (Å²) in [6.07, 6.45) is -0.704. The van der Waals surface area contributed by atoms with Crippen molar-refractivity contribution in [2.75, 3.05) is 12.4 Å². The fraction of sp³-hybridized carbons (Fsp3) is 0.424. The number of hydrogen-bond donors (Lipinski definition) is 0. The van der Waals surface area contributed by atoms with E-state index in [0.717, 1.165) is 29.5 Å². The van der Waals surface area contributed by atoms with Crippen LogP contribution >= 0.6 is 11.8 Å². The minimum atomic E-state index is -0.662. The van der Waals surface area contributed by atoms with Crippen molar-refractivity contribution >= 4 is 16.9 Å². The monoisotopic (exact) mass is 564 g/mol. The quantitative estimate of drug-likeness (QED) is 0.194. The van der Waals surface area contributed by atoms with Crippen molar-refractivity contribution in [3.8, 4) is 0 Å². The summed E-state index contributed by atoms with van der Waals surface area (Å²) in [5, 5.41) is 0.0260. The van der Waals surface area contributed by atoms with Crippen molar-refractivity contribution < 1.29 is 28.5 Å². The molecular weight excluding hydrogens is 524 g/mol. The van der Waals surface area contributed by atoms with Crippen molar-refractivity contribution in [1.82, 2.24) is 0 Å². The van der Waals surface area contributed by atoms with E-state index in [0.29, 0.717) is 32.2 Å². The molecule has 0 unspecified atom stereocenters. The Balaban J connectivity index is 1.63. The smallest absolute Gasteiger partial charge is 0.186 e. The summed E-state index contributed by atoms with van der Waals surface area (Å²) in [4.78, 5) is 12.0. The summed E-state index contributed by atoms with van der Waals surface area (Å²) in [7, 11) is 0. The van der Waals surface area contributed by atoms with Gasteiger partial charge in [0.15, 0.2) is 11.4 Å². The topological polar surface area (TPSA) is 63.2 Å². The highest BCUT2D eigenvalue weighted by Crippen LogP contribution is 2.33. The van der Waals surface area contributed by atoms with Crippen molar-refractivity contribution in [2.24, 2.45) is 0 Å². The lowest BCUT2D eigenvalue weighted by molar-refractivity contribution is -0.319. The molecule has 3 aromatic carbocycles. The van der Waals surface area contributed by atoms with Gasteiger partial charge in [-0.1, -0.05) is 116 Å². The van der Waals surface area contributed by atoms with Gasteiger partial charge in [-0.2, -0.15) is 0 Å². The number of ether oxygens (including phenoxy) is 5. The van der Waals surface area contributed by atoms with E-state index >= 15 is 0 Å². The first kappa shape index (κ1) is 30.4. The number of rotatable bonds is 15. The van der Waals surface area contributed by atoms with Crippen molar-refractivity contribution in [2.45, 2.75) is 77.2 Å². The third-order valence-corrected chi connectivity index (χ3v) is 7.58. The fourth-order valence-corrected chi connectivity index (χ4v) is 5.22. The van der Waals surface area contributed by atoms with Gasteiger partial charge in [0.2, 0.25) is 0 Å². The van der Waals surface area contributed by atoms with Gasteiger partial charge in [0.05, 0.1) is 25.9 Å². The van der Waals surface area contributed by atoms with Gasteiger partial charge >= 0.3 is 0 Å². The van der Waals surface area contributed by atoms with Crippen molar-refractivity contribution in [3.05, 3.63) is 108 Å². The van der Waals surface area contributed by atoms with E-state index in [2.05, 4.69) is 6.92 Å². The highest BCUT2D eigenvalue weighted by molar-refractivity contribution is 8.13. The largest absolute Gasteiger partial charge is 0.368 e. The summed E-state index contributed by atoms with van der Waals surface area (Å²) >= 11 is 1.23. The lowest BCUT2D eigenvalue weighted by Gasteiger charge is -2.46. The molecule has 5 atom stereocenters. The molecule has 7 heteroatoms. The Hall–Kier alpha value is -2.52. The van der Waals surface area contributed by atoms with E-state index in [1.165, 1.54) is 11.8 Å². The number of thioether (sulfide) groups is 1. The second-order valence-electron chi connectivity index (χ2n) is 9.85. The van der Waals surface area contributed by atoms with Crippen LogP contribution in [0.2, 0.25) is 0 Å². The molecule has 1 heterocycles. The molecular formula is C33H40O6S. The molecule has 0 N–H and O–H groups in total. The van der Waals surface area contributed by atoms with Crippen LogP contribution < -0.4 is 0 Å². The molecule has 0 aliphatic carbocycles. The van der Waals surface area contributed by atoms with E-state index < -0.39 is 30.7 Å². The second-order valence-corrected chi connectivity index (χ2v) is 11.1. The first-order valence-electron chi connectivity index (χ1n) is 14.0. The predicted molar refractivity (Wildman–Crippen MR) is 158 cm³/mol. The highest BCUT2D eigenvalue weighted by atomic mass is 32.2. The summed E-state index contributed by atoms with van der Waals surface area (Å²) < 4.78 is 32.6. The van der Waals surface area contributed by atoms with Crippen LogP contribution in [0.4, 0.5) is 0 Å². The van der Waals surface area contributed by atoms with Crippen LogP contribution in [0, 0.1) is 0 Å². The average Bonchev–Trinajstić information content (AvgIpc) is 2.99. The third kappa shape index (κ3) is 9.54. The minimum Gasteiger partial charge on any atom is -0.368 e. The molecule has 0 aromatic heterocycles. The van der Waals surface area contributed by atoms with Gasteiger partial charge in [-0.05, 0) is 23.1 Å². The zero-order valence-corrected chi connectivity index (χ0v) is 24.2. The summed E-state index contributed by atoms with van der Waals surface area (Å²) in [6, 6.07) is 30.1. The van der Waals surface area contributed by atoms with Crippen LogP contribution in [0.25, 0.3) is 0 Å². The van der Waals surface area contributed by atoms with Crippen LogP contribution in [0.1, 0.15) is 43.4 Å². The molecule has 0 radical (unpaired) electrons. The fourth-order valence-electron chi connectivity index (χ4n) is 4.56. The Morgan fingerprint density at radius 3 is 1.65 bits per heavy atom. The van der Waals surface area contributed by atoms with Crippen molar-refractivity contribution in [3.63, 3.8) is 0 Å². The van der Waals surface area contributed by atoms with Gasteiger partial charge in [0, 0.05) is 19.3 Å². The third-order valence-electron chi connectivity index (χ3n) is 6.68. The van der Waals surface area contributed by atoms with Gasteiger partial charge in [0.25, 0.3) is 0 Å². The Bertz CT molecular complexity index is 1110. The molecule has 40 heavy (non-hydrogen) atoms. The maximum Gasteiger partial charge on any atom is 0.186 e. The van der Waals surface area contributed by atoms with Crippen LogP contribution in [0.5, 0.6) is 0 Å². The Morgan fingerprint density at radius 2 is 1.18 bits per heavy atom. The van der Waals surface area contributed by atoms with Gasteiger partial charge in [-0.3, -0.25) is 4.79 Å². The molecule has 0 spiro atoms. The minimum absolute atomic E-state index is 0.0260. The van der Waals surface area contributed by atoms with E-state index in [1.807, 2.05) is 91.0 Å². The van der Waals surface area contributed by atoms with Crippen LogP contribution in [-0.2, 0) is 48.3 Å². The summed E-state index contributed by atoms with van der Waals surface area (Å²) in [5.74, 6) is 0.430. The van der Waals surface area contributed by atoms with E-state index in [1.54, 1.807) is 6.92 Å². The molecule has 4 rings (SSSR count). The maximum absolute atomic E-state index is 12.0. The Labute approximate surface area is 242 Å². The Kier molecular flexibility index (Phi) is 12.7. The van der Waals surface area contributed by atoms with E-state index in [4.69, 9.17) is 23.7 Å². The van der Waals surface area contributed by atoms with Crippen molar-refractivity contribution in [1.29, 1.82) is 0 Å². The zero-order chi connectivity index (χ0) is 28.0. The van der Waals surface area contributed by atoms with Gasteiger partial charge < -0.3 is 23.7 Å². The van der Waals surface area contributed by atoms with E-state index in [-0.39, 0.29) is 5.12 Å². The van der Waals surface area contributed by atoms with Gasteiger partial charge in [-0.25, -0.2) is 0 Å². The molecule has 0 bridgehead atoms. The number of carbonyl (C=O) groups is 1. The lowest BCUT2D eigenvalue weighted by Crippen LogP contribution is -2.61. The number of hydrogen-bond acceptors (Lipinski definition) is 7. The molecule has 1 fully saturated rings. The second kappa shape index (κ2) is 16.7. The molecule has 1 saturated heterocycles. The number of benzene rings is 3. The average molecular weight is 565 g/mol.